The van der Waals surface area contributed by atoms with Crippen molar-refractivity contribution in [1.29, 1.82) is 0 Å². The fraction of sp³-hybridized carbons (Fsp3) is 0.136. The normalized spacial score (nSPS) is 14.4. The van der Waals surface area contributed by atoms with Crippen LogP contribution in [0.4, 0.5) is 0 Å². The lowest BCUT2D eigenvalue weighted by Gasteiger charge is -2.48. The summed E-state index contributed by atoms with van der Waals surface area (Å²) in [5, 5.41) is 2.50. The van der Waals surface area contributed by atoms with Crippen molar-refractivity contribution in [3.63, 3.8) is 0 Å². The van der Waals surface area contributed by atoms with Crippen LogP contribution in [-0.2, 0) is 10.8 Å². The lowest BCUT2D eigenvalue weighted by atomic mass is 9.55. The predicted molar refractivity (Wildman–Crippen MR) is 200 cm³/mol. The Morgan fingerprint density at radius 3 is 1.69 bits per heavy atom. The molecule has 0 bridgehead atoms. The number of nitrogens with zero attached hydrogens (tertiary/aromatic N) is 5. The fourth-order valence-electron chi connectivity index (χ4n) is 7.62. The van der Waals surface area contributed by atoms with Crippen molar-refractivity contribution in [1.82, 2.24) is 24.5 Å². The van der Waals surface area contributed by atoms with E-state index in [1.165, 1.54) is 33.0 Å². The highest BCUT2D eigenvalue weighted by Crippen LogP contribution is 2.56. The first-order valence-electron chi connectivity index (χ1n) is 16.8. The number of rotatable bonds is 4. The lowest BCUT2D eigenvalue weighted by Crippen LogP contribution is -2.43. The molecule has 8 aromatic rings. The van der Waals surface area contributed by atoms with E-state index >= 15 is 0 Å². The molecule has 0 unspecified atom stereocenters. The van der Waals surface area contributed by atoms with Gasteiger partial charge in [-0.1, -0.05) is 137 Å². The summed E-state index contributed by atoms with van der Waals surface area (Å²) in [6.07, 6.45) is 1.88. The van der Waals surface area contributed by atoms with Gasteiger partial charge in [-0.2, -0.15) is 0 Å². The van der Waals surface area contributed by atoms with Gasteiger partial charge in [0.25, 0.3) is 0 Å². The van der Waals surface area contributed by atoms with E-state index in [4.69, 9.17) is 19.9 Å². The summed E-state index contributed by atoms with van der Waals surface area (Å²) in [5.41, 5.74) is 10.3. The van der Waals surface area contributed by atoms with E-state index in [0.29, 0.717) is 17.5 Å². The maximum Gasteiger partial charge on any atom is 0.165 e. The molecule has 1 aliphatic carbocycles. The van der Waals surface area contributed by atoms with Crippen LogP contribution in [0.3, 0.4) is 0 Å². The molecule has 0 saturated carbocycles. The van der Waals surface area contributed by atoms with Crippen LogP contribution < -0.4 is 0 Å². The van der Waals surface area contributed by atoms with Crippen LogP contribution in [0.25, 0.3) is 72.9 Å². The molecule has 236 valence electrons. The second-order valence-electron chi connectivity index (χ2n) is 14.0. The van der Waals surface area contributed by atoms with Gasteiger partial charge in [-0.15, -0.1) is 0 Å². The van der Waals surface area contributed by atoms with E-state index in [0.717, 1.165) is 33.5 Å². The van der Waals surface area contributed by atoms with Crippen LogP contribution >= 0.6 is 0 Å². The van der Waals surface area contributed by atoms with Crippen molar-refractivity contribution in [3.8, 4) is 51.1 Å². The van der Waals surface area contributed by atoms with Crippen molar-refractivity contribution in [2.24, 2.45) is 0 Å². The minimum atomic E-state index is -0.0737. The molecule has 0 atom stereocenters. The number of fused-ring (bicyclic) bond motifs is 7. The van der Waals surface area contributed by atoms with Crippen LogP contribution in [-0.4, -0.2) is 24.5 Å². The average Bonchev–Trinajstić information content (AvgIpc) is 3.49. The van der Waals surface area contributed by atoms with E-state index in [9.17, 15) is 0 Å². The minimum Gasteiger partial charge on any atom is -0.294 e. The largest absolute Gasteiger partial charge is 0.294 e. The molecule has 1 aliphatic rings. The van der Waals surface area contributed by atoms with Crippen molar-refractivity contribution < 1.29 is 0 Å². The topological polar surface area (TPSA) is 56.5 Å². The van der Waals surface area contributed by atoms with Gasteiger partial charge < -0.3 is 0 Å². The quantitative estimate of drug-likeness (QED) is 0.193. The first-order valence-corrected chi connectivity index (χ1v) is 16.8. The van der Waals surface area contributed by atoms with Crippen molar-refractivity contribution in [3.05, 3.63) is 151 Å². The van der Waals surface area contributed by atoms with Gasteiger partial charge in [0.15, 0.2) is 17.5 Å². The molecule has 5 nitrogen and oxygen atoms in total. The van der Waals surface area contributed by atoms with Crippen LogP contribution in [0, 0.1) is 0 Å². The predicted octanol–water partition coefficient (Wildman–Crippen LogP) is 10.6. The van der Waals surface area contributed by atoms with Gasteiger partial charge >= 0.3 is 0 Å². The summed E-state index contributed by atoms with van der Waals surface area (Å²) in [4.78, 5) is 19.8. The Morgan fingerprint density at radius 2 is 1.04 bits per heavy atom. The average molecular weight is 634 g/mol. The SMILES string of the molecule is CC1(C)c2ccccc2-c2c(ccc3c2c2ccccc2n3-c2ccc(-c3nc(-c4ccccc4)nc(-c4ccccc4)n3)cn2)C1(C)C. The Balaban J connectivity index is 1.23. The summed E-state index contributed by atoms with van der Waals surface area (Å²) in [6, 6.07) is 46.5. The number of benzene rings is 5. The van der Waals surface area contributed by atoms with Crippen LogP contribution in [0.5, 0.6) is 0 Å². The Kier molecular flexibility index (Phi) is 6.44. The highest BCUT2D eigenvalue weighted by molar-refractivity contribution is 6.17. The van der Waals surface area contributed by atoms with Gasteiger partial charge in [0.05, 0.1) is 11.0 Å². The Bertz CT molecular complexity index is 2470. The Hall–Kier alpha value is -5.94. The molecular weight excluding hydrogens is 599 g/mol. The second-order valence-corrected chi connectivity index (χ2v) is 14.0. The summed E-state index contributed by atoms with van der Waals surface area (Å²) >= 11 is 0. The standard InChI is InChI=1S/C44H35N5/c1-43(2)33-21-13-11-19-31(33)38-34(44(43,3)4)24-25-36-39(38)32-20-12-14-22-35(32)49(36)37-26-23-30(27-45-37)42-47-40(28-15-7-5-8-16-28)46-41(48-42)29-17-9-6-10-18-29/h5-27H,1-4H3. The zero-order chi connectivity index (χ0) is 33.3. The van der Waals surface area contributed by atoms with Crippen molar-refractivity contribution in [2.75, 3.05) is 0 Å². The molecular formula is C44H35N5. The number of hydrogen-bond donors (Lipinski definition) is 0. The maximum absolute atomic E-state index is 5.07. The maximum atomic E-state index is 5.07. The molecule has 3 aromatic heterocycles. The molecule has 5 aromatic carbocycles. The summed E-state index contributed by atoms with van der Waals surface area (Å²) in [7, 11) is 0. The van der Waals surface area contributed by atoms with E-state index in [1.807, 2.05) is 66.9 Å². The highest BCUT2D eigenvalue weighted by atomic mass is 15.1. The third-order valence-corrected chi connectivity index (χ3v) is 10.9. The zero-order valence-corrected chi connectivity index (χ0v) is 28.0. The smallest absolute Gasteiger partial charge is 0.165 e. The van der Waals surface area contributed by atoms with E-state index in [-0.39, 0.29) is 10.8 Å². The molecule has 0 aliphatic heterocycles. The molecule has 5 heteroatoms. The number of aromatic nitrogens is 5. The highest BCUT2D eigenvalue weighted by Gasteiger charge is 2.46. The van der Waals surface area contributed by atoms with Crippen molar-refractivity contribution in [2.45, 2.75) is 38.5 Å². The van der Waals surface area contributed by atoms with Crippen molar-refractivity contribution >= 4 is 21.8 Å². The van der Waals surface area contributed by atoms with Gasteiger partial charge in [-0.3, -0.25) is 4.57 Å². The molecule has 0 spiro atoms. The first kappa shape index (κ1) is 29.2. The van der Waals surface area contributed by atoms with Gasteiger partial charge in [-0.25, -0.2) is 19.9 Å². The lowest BCUT2D eigenvalue weighted by molar-refractivity contribution is 0.299. The first-order chi connectivity index (χ1) is 23.8. The zero-order valence-electron chi connectivity index (χ0n) is 28.0. The summed E-state index contributed by atoms with van der Waals surface area (Å²) in [5.74, 6) is 2.70. The Morgan fingerprint density at radius 1 is 0.469 bits per heavy atom. The Labute approximate surface area is 286 Å². The van der Waals surface area contributed by atoms with Gasteiger partial charge in [-0.05, 0) is 57.3 Å². The third kappa shape index (κ3) is 4.39. The molecule has 0 fully saturated rings. The molecule has 3 heterocycles. The molecule has 9 rings (SSSR count). The molecule has 0 radical (unpaired) electrons. The fourth-order valence-corrected chi connectivity index (χ4v) is 7.62. The van der Waals surface area contributed by atoms with E-state index in [1.54, 1.807) is 0 Å². The number of para-hydroxylation sites is 1. The van der Waals surface area contributed by atoms with Gasteiger partial charge in [0, 0.05) is 33.7 Å². The van der Waals surface area contributed by atoms with Gasteiger partial charge in [0.1, 0.15) is 5.82 Å². The molecule has 49 heavy (non-hydrogen) atoms. The number of pyridine rings is 1. The van der Waals surface area contributed by atoms with E-state index < -0.39 is 0 Å². The van der Waals surface area contributed by atoms with E-state index in [2.05, 4.69) is 105 Å². The van der Waals surface area contributed by atoms with Crippen LogP contribution in [0.1, 0.15) is 38.8 Å². The van der Waals surface area contributed by atoms with Gasteiger partial charge in [0.2, 0.25) is 0 Å². The molecule has 0 saturated heterocycles. The second kappa shape index (κ2) is 10.8. The van der Waals surface area contributed by atoms with Crippen LogP contribution in [0.2, 0.25) is 0 Å². The monoisotopic (exact) mass is 633 g/mol. The third-order valence-electron chi connectivity index (χ3n) is 10.9. The minimum absolute atomic E-state index is 0.0319. The summed E-state index contributed by atoms with van der Waals surface area (Å²) in [6.45, 7) is 9.54. The molecule has 0 N–H and O–H groups in total. The molecule has 0 amide bonds. The van der Waals surface area contributed by atoms with Crippen LogP contribution in [0.15, 0.2) is 140 Å². The number of hydrogen-bond acceptors (Lipinski definition) is 4. The summed E-state index contributed by atoms with van der Waals surface area (Å²) < 4.78 is 2.29.